The molecule has 0 aromatic heterocycles. The first kappa shape index (κ1) is 16.9. The summed E-state index contributed by atoms with van der Waals surface area (Å²) in [6, 6.07) is 16.4. The van der Waals surface area contributed by atoms with E-state index in [1.165, 1.54) is 16.7 Å². The normalized spacial score (nSPS) is 15.0. The van der Waals surface area contributed by atoms with Gasteiger partial charge in [-0.15, -0.1) is 0 Å². The van der Waals surface area contributed by atoms with Crippen LogP contribution in [0.1, 0.15) is 0 Å². The van der Waals surface area contributed by atoms with E-state index in [-0.39, 0.29) is 17.3 Å². The summed E-state index contributed by atoms with van der Waals surface area (Å²) in [6.45, 7) is 3.81. The van der Waals surface area contributed by atoms with Crippen LogP contribution in [0, 0.1) is 10.1 Å². The highest BCUT2D eigenvalue weighted by Gasteiger charge is 2.23. The van der Waals surface area contributed by atoms with Crippen LogP contribution in [0.3, 0.4) is 0 Å². The van der Waals surface area contributed by atoms with Gasteiger partial charge in [-0.1, -0.05) is 30.3 Å². The highest BCUT2D eigenvalue weighted by atomic mass is 16.6. The van der Waals surface area contributed by atoms with Gasteiger partial charge < -0.3 is 15.1 Å². The Balaban J connectivity index is 1.52. The first-order valence-corrected chi connectivity index (χ1v) is 8.30. The standard InChI is InChI=1S/C18H20N4O3/c23-18(19-16-8-4-5-9-17(16)22(24)25)14-20-10-12-21(13-11-20)15-6-2-1-3-7-15/h1-9H,10-14H2,(H,19,23)/p+1. The predicted octanol–water partition coefficient (Wildman–Crippen LogP) is 0.938. The van der Waals surface area contributed by atoms with E-state index in [0.29, 0.717) is 6.54 Å². The van der Waals surface area contributed by atoms with Crippen LogP contribution in [0.5, 0.6) is 0 Å². The summed E-state index contributed by atoms with van der Waals surface area (Å²) in [4.78, 5) is 26.3. The summed E-state index contributed by atoms with van der Waals surface area (Å²) in [5.74, 6) is -0.197. The van der Waals surface area contributed by atoms with Gasteiger partial charge in [0.15, 0.2) is 6.54 Å². The molecule has 1 saturated heterocycles. The molecule has 1 fully saturated rings. The van der Waals surface area contributed by atoms with Crippen molar-refractivity contribution in [2.45, 2.75) is 0 Å². The van der Waals surface area contributed by atoms with Crippen molar-refractivity contribution < 1.29 is 14.6 Å². The van der Waals surface area contributed by atoms with Crippen molar-refractivity contribution in [2.75, 3.05) is 42.9 Å². The van der Waals surface area contributed by atoms with E-state index < -0.39 is 4.92 Å². The first-order chi connectivity index (χ1) is 12.1. The number of rotatable bonds is 5. The highest BCUT2D eigenvalue weighted by molar-refractivity contribution is 5.93. The second-order valence-corrected chi connectivity index (χ2v) is 6.07. The van der Waals surface area contributed by atoms with Crippen molar-refractivity contribution in [1.29, 1.82) is 0 Å². The quantitative estimate of drug-likeness (QED) is 0.627. The SMILES string of the molecule is O=C(C[NH+]1CCN(c2ccccc2)CC1)Nc1ccccc1[N+](=O)[O-]. The molecule has 1 heterocycles. The van der Waals surface area contributed by atoms with Crippen LogP contribution in [0.25, 0.3) is 0 Å². The van der Waals surface area contributed by atoms with Gasteiger partial charge in [0.2, 0.25) is 0 Å². The zero-order chi connectivity index (χ0) is 17.6. The third kappa shape index (κ3) is 4.33. The molecule has 7 nitrogen and oxygen atoms in total. The first-order valence-electron chi connectivity index (χ1n) is 8.30. The number of anilines is 2. The van der Waals surface area contributed by atoms with E-state index in [2.05, 4.69) is 22.3 Å². The van der Waals surface area contributed by atoms with Crippen molar-refractivity contribution in [1.82, 2.24) is 0 Å². The average Bonchev–Trinajstić information content (AvgIpc) is 2.63. The Morgan fingerprint density at radius 3 is 2.40 bits per heavy atom. The average molecular weight is 341 g/mol. The summed E-state index contributed by atoms with van der Waals surface area (Å²) in [6.07, 6.45) is 0. The molecule has 0 radical (unpaired) electrons. The fraction of sp³-hybridized carbons (Fsp3) is 0.278. The molecule has 1 aliphatic rings. The molecule has 0 saturated carbocycles. The Kier molecular flexibility index (Phi) is 5.25. The molecule has 0 spiro atoms. The van der Waals surface area contributed by atoms with E-state index in [1.54, 1.807) is 18.2 Å². The lowest BCUT2D eigenvalue weighted by atomic mass is 10.2. The summed E-state index contributed by atoms with van der Waals surface area (Å²) in [7, 11) is 0. The molecule has 2 aromatic carbocycles. The van der Waals surface area contributed by atoms with Gasteiger partial charge in [-0.2, -0.15) is 0 Å². The maximum atomic E-state index is 12.2. The van der Waals surface area contributed by atoms with Crippen molar-refractivity contribution in [3.05, 3.63) is 64.7 Å². The number of amides is 1. The van der Waals surface area contributed by atoms with Gasteiger partial charge >= 0.3 is 0 Å². The second-order valence-electron chi connectivity index (χ2n) is 6.07. The minimum Gasteiger partial charge on any atom is -0.360 e. The Hall–Kier alpha value is -2.93. The lowest BCUT2D eigenvalue weighted by molar-refractivity contribution is -0.892. The van der Waals surface area contributed by atoms with Crippen LogP contribution in [-0.4, -0.2) is 43.6 Å². The minimum atomic E-state index is -0.485. The third-order valence-corrected chi connectivity index (χ3v) is 4.38. The van der Waals surface area contributed by atoms with Crippen LogP contribution >= 0.6 is 0 Å². The Bertz CT molecular complexity index is 743. The fourth-order valence-electron chi connectivity index (χ4n) is 3.06. The molecule has 3 rings (SSSR count). The molecular formula is C18H21N4O3+. The van der Waals surface area contributed by atoms with Gasteiger partial charge in [0.1, 0.15) is 5.69 Å². The number of quaternary nitrogens is 1. The molecule has 0 unspecified atom stereocenters. The van der Waals surface area contributed by atoms with Crippen molar-refractivity contribution in [3.8, 4) is 0 Å². The Labute approximate surface area is 146 Å². The van der Waals surface area contributed by atoms with Gasteiger partial charge in [0.25, 0.3) is 11.6 Å². The van der Waals surface area contributed by atoms with Gasteiger partial charge in [0, 0.05) is 11.8 Å². The minimum absolute atomic E-state index is 0.0836. The maximum Gasteiger partial charge on any atom is 0.292 e. The zero-order valence-corrected chi connectivity index (χ0v) is 13.9. The molecule has 1 amide bonds. The highest BCUT2D eigenvalue weighted by Crippen LogP contribution is 2.22. The number of hydrogen-bond acceptors (Lipinski definition) is 4. The van der Waals surface area contributed by atoms with Crippen molar-refractivity contribution in [3.63, 3.8) is 0 Å². The number of nitrogens with one attached hydrogen (secondary N) is 2. The summed E-state index contributed by atoms with van der Waals surface area (Å²) in [5, 5.41) is 13.7. The zero-order valence-electron chi connectivity index (χ0n) is 13.9. The number of piperazine rings is 1. The molecule has 0 aliphatic carbocycles. The summed E-state index contributed by atoms with van der Waals surface area (Å²) < 4.78 is 0. The summed E-state index contributed by atoms with van der Waals surface area (Å²) >= 11 is 0. The van der Waals surface area contributed by atoms with Gasteiger partial charge in [-0.3, -0.25) is 14.9 Å². The van der Waals surface area contributed by atoms with Crippen molar-refractivity contribution in [2.24, 2.45) is 0 Å². The van der Waals surface area contributed by atoms with E-state index in [1.807, 2.05) is 18.2 Å². The molecule has 7 heteroatoms. The number of para-hydroxylation sites is 3. The molecular weight excluding hydrogens is 320 g/mol. The number of carbonyl (C=O) groups is 1. The van der Waals surface area contributed by atoms with Crippen molar-refractivity contribution >= 4 is 23.0 Å². The Morgan fingerprint density at radius 2 is 1.72 bits per heavy atom. The monoisotopic (exact) mass is 341 g/mol. The number of benzene rings is 2. The smallest absolute Gasteiger partial charge is 0.292 e. The van der Waals surface area contributed by atoms with Crippen LogP contribution in [0.15, 0.2) is 54.6 Å². The van der Waals surface area contributed by atoms with E-state index in [0.717, 1.165) is 26.2 Å². The van der Waals surface area contributed by atoms with Gasteiger partial charge in [-0.05, 0) is 18.2 Å². The molecule has 1 aliphatic heterocycles. The number of hydrogen-bond donors (Lipinski definition) is 2. The van der Waals surface area contributed by atoms with E-state index >= 15 is 0 Å². The lowest BCUT2D eigenvalue weighted by Gasteiger charge is -2.33. The third-order valence-electron chi connectivity index (χ3n) is 4.38. The van der Waals surface area contributed by atoms with Crippen LogP contribution in [0.4, 0.5) is 17.1 Å². The molecule has 25 heavy (non-hydrogen) atoms. The van der Waals surface area contributed by atoms with Crippen LogP contribution in [-0.2, 0) is 4.79 Å². The van der Waals surface area contributed by atoms with Gasteiger partial charge in [0.05, 0.1) is 31.1 Å². The number of nitro groups is 1. The van der Waals surface area contributed by atoms with Gasteiger partial charge in [-0.25, -0.2) is 0 Å². The summed E-state index contributed by atoms with van der Waals surface area (Å²) in [5.41, 5.74) is 1.37. The Morgan fingerprint density at radius 1 is 1.08 bits per heavy atom. The predicted molar refractivity (Wildman–Crippen MR) is 95.9 cm³/mol. The number of nitro benzene ring substituents is 1. The maximum absolute atomic E-state index is 12.2. The molecule has 0 bridgehead atoms. The lowest BCUT2D eigenvalue weighted by Crippen LogP contribution is -3.15. The van der Waals surface area contributed by atoms with Crippen LogP contribution in [0.2, 0.25) is 0 Å². The topological polar surface area (TPSA) is 79.9 Å². The number of nitrogens with zero attached hydrogens (tertiary/aromatic N) is 2. The fourth-order valence-corrected chi connectivity index (χ4v) is 3.06. The molecule has 0 atom stereocenters. The molecule has 2 aromatic rings. The second kappa shape index (κ2) is 7.76. The van der Waals surface area contributed by atoms with E-state index in [4.69, 9.17) is 0 Å². The number of carbonyl (C=O) groups excluding carboxylic acids is 1. The largest absolute Gasteiger partial charge is 0.360 e. The van der Waals surface area contributed by atoms with E-state index in [9.17, 15) is 14.9 Å². The molecule has 2 N–H and O–H groups in total. The van der Waals surface area contributed by atoms with Crippen LogP contribution < -0.4 is 15.1 Å². The molecule has 130 valence electrons.